The van der Waals surface area contributed by atoms with Gasteiger partial charge in [-0.25, -0.2) is 8.42 Å². The zero-order valence-corrected chi connectivity index (χ0v) is 10.4. The average Bonchev–Trinajstić information content (AvgIpc) is 3.10. The number of benzene rings is 1. The lowest BCUT2D eigenvalue weighted by Crippen LogP contribution is -2.17. The van der Waals surface area contributed by atoms with E-state index in [4.69, 9.17) is 0 Å². The van der Waals surface area contributed by atoms with Gasteiger partial charge in [-0.2, -0.15) is 4.31 Å². The van der Waals surface area contributed by atoms with Crippen LogP contribution in [0.25, 0.3) is 0 Å². The summed E-state index contributed by atoms with van der Waals surface area (Å²) in [5, 5.41) is 0. The maximum atomic E-state index is 12.2. The second-order valence-corrected chi connectivity index (χ2v) is 6.23. The van der Waals surface area contributed by atoms with Gasteiger partial charge in [0.05, 0.1) is 4.90 Å². The van der Waals surface area contributed by atoms with E-state index in [0.717, 1.165) is 6.42 Å². The van der Waals surface area contributed by atoms with Crippen molar-refractivity contribution < 1.29 is 8.42 Å². The SMILES string of the molecule is CCC(C)C1CN1S(=O)(=O)c1ccccc1. The highest BCUT2D eigenvalue weighted by Crippen LogP contribution is 2.33. The first-order chi connectivity index (χ1) is 7.57. The van der Waals surface area contributed by atoms with Crippen molar-refractivity contribution in [3.63, 3.8) is 0 Å². The van der Waals surface area contributed by atoms with Gasteiger partial charge in [-0.05, 0) is 18.1 Å². The molecule has 3 nitrogen and oxygen atoms in total. The van der Waals surface area contributed by atoms with Crippen molar-refractivity contribution in [2.75, 3.05) is 6.54 Å². The van der Waals surface area contributed by atoms with Gasteiger partial charge in [-0.3, -0.25) is 0 Å². The quantitative estimate of drug-likeness (QED) is 0.755. The molecule has 0 N–H and O–H groups in total. The van der Waals surface area contributed by atoms with Gasteiger partial charge in [0, 0.05) is 12.6 Å². The number of hydrogen-bond donors (Lipinski definition) is 0. The van der Waals surface area contributed by atoms with E-state index in [1.807, 2.05) is 6.07 Å². The molecule has 4 heteroatoms. The molecule has 0 aromatic heterocycles. The summed E-state index contributed by atoms with van der Waals surface area (Å²) in [6, 6.07) is 8.86. The van der Waals surface area contributed by atoms with Gasteiger partial charge in [0.1, 0.15) is 0 Å². The summed E-state index contributed by atoms with van der Waals surface area (Å²) < 4.78 is 25.9. The Morgan fingerprint density at radius 2 is 2.00 bits per heavy atom. The molecule has 2 rings (SSSR count). The molecule has 0 radical (unpaired) electrons. The number of hydrogen-bond acceptors (Lipinski definition) is 2. The van der Waals surface area contributed by atoms with E-state index in [0.29, 0.717) is 17.4 Å². The summed E-state index contributed by atoms with van der Waals surface area (Å²) in [5.74, 6) is 0.443. The van der Waals surface area contributed by atoms with E-state index in [9.17, 15) is 8.42 Å². The lowest BCUT2D eigenvalue weighted by Gasteiger charge is -2.09. The minimum absolute atomic E-state index is 0.204. The fraction of sp³-hybridized carbons (Fsp3) is 0.500. The molecule has 1 heterocycles. The van der Waals surface area contributed by atoms with E-state index >= 15 is 0 Å². The number of sulfonamides is 1. The molecule has 1 aromatic rings. The Balaban J connectivity index is 2.18. The molecule has 1 aliphatic heterocycles. The summed E-state index contributed by atoms with van der Waals surface area (Å²) in [6.07, 6.45) is 1.02. The summed E-state index contributed by atoms with van der Waals surface area (Å²) in [7, 11) is -3.24. The Bertz CT molecular complexity index is 455. The second kappa shape index (κ2) is 4.18. The Labute approximate surface area is 97.1 Å². The number of nitrogens with zero attached hydrogens (tertiary/aromatic N) is 1. The normalized spacial score (nSPS) is 26.4. The summed E-state index contributed by atoms with van der Waals surface area (Å²) in [4.78, 5) is 0.404. The van der Waals surface area contributed by atoms with Crippen LogP contribution in [0.3, 0.4) is 0 Å². The highest BCUT2D eigenvalue weighted by molar-refractivity contribution is 7.89. The molecule has 1 aromatic carbocycles. The van der Waals surface area contributed by atoms with Crippen LogP contribution >= 0.6 is 0 Å². The van der Waals surface area contributed by atoms with Gasteiger partial charge >= 0.3 is 0 Å². The first-order valence-corrected chi connectivity index (χ1v) is 7.08. The maximum absolute atomic E-state index is 12.2. The standard InChI is InChI=1S/C12H17NO2S/c1-3-10(2)12-9-13(12)16(14,15)11-7-5-4-6-8-11/h4-8,10,12H,3,9H2,1-2H3. The Morgan fingerprint density at radius 3 is 2.56 bits per heavy atom. The zero-order valence-electron chi connectivity index (χ0n) is 9.63. The largest absolute Gasteiger partial charge is 0.243 e. The Morgan fingerprint density at radius 1 is 1.38 bits per heavy atom. The fourth-order valence-corrected chi connectivity index (χ4v) is 3.56. The molecule has 0 amide bonds. The van der Waals surface area contributed by atoms with Gasteiger partial charge in [-0.15, -0.1) is 0 Å². The van der Waals surface area contributed by atoms with Crippen LogP contribution in [-0.2, 0) is 10.0 Å². The van der Waals surface area contributed by atoms with Crippen molar-refractivity contribution in [3.8, 4) is 0 Å². The molecule has 88 valence electrons. The van der Waals surface area contributed by atoms with Gasteiger partial charge in [0.25, 0.3) is 0 Å². The molecular weight excluding hydrogens is 222 g/mol. The van der Waals surface area contributed by atoms with Gasteiger partial charge in [-0.1, -0.05) is 38.5 Å². The predicted octanol–water partition coefficient (Wildman–Crippen LogP) is 2.11. The fourth-order valence-electron chi connectivity index (χ4n) is 1.88. The lowest BCUT2D eigenvalue weighted by molar-refractivity contribution is 0.485. The van der Waals surface area contributed by atoms with Crippen molar-refractivity contribution in [3.05, 3.63) is 30.3 Å². The third-order valence-corrected chi connectivity index (χ3v) is 5.16. The van der Waals surface area contributed by atoms with Crippen LogP contribution in [0, 0.1) is 5.92 Å². The molecule has 0 bridgehead atoms. The smallest absolute Gasteiger partial charge is 0.207 e. The van der Waals surface area contributed by atoms with Gasteiger partial charge in [0.15, 0.2) is 0 Å². The van der Waals surface area contributed by atoms with Crippen LogP contribution < -0.4 is 0 Å². The van der Waals surface area contributed by atoms with Crippen molar-refractivity contribution in [1.82, 2.24) is 4.31 Å². The first kappa shape index (κ1) is 11.6. The van der Waals surface area contributed by atoms with Crippen molar-refractivity contribution >= 4 is 10.0 Å². The molecule has 0 spiro atoms. The van der Waals surface area contributed by atoms with Gasteiger partial charge in [0.2, 0.25) is 10.0 Å². The Kier molecular flexibility index (Phi) is 3.04. The van der Waals surface area contributed by atoms with Crippen LogP contribution in [0.15, 0.2) is 35.2 Å². The van der Waals surface area contributed by atoms with Crippen molar-refractivity contribution in [2.45, 2.75) is 31.2 Å². The van der Waals surface area contributed by atoms with Gasteiger partial charge < -0.3 is 0 Å². The molecular formula is C12H17NO2S. The molecule has 1 fully saturated rings. The lowest BCUT2D eigenvalue weighted by atomic mass is 10.1. The molecule has 0 aliphatic carbocycles. The molecule has 16 heavy (non-hydrogen) atoms. The van der Waals surface area contributed by atoms with Crippen molar-refractivity contribution in [2.24, 2.45) is 5.92 Å². The third kappa shape index (κ3) is 1.99. The number of rotatable bonds is 4. The minimum atomic E-state index is -3.24. The zero-order chi connectivity index (χ0) is 11.8. The molecule has 1 saturated heterocycles. The second-order valence-electron chi connectivity index (χ2n) is 4.34. The molecule has 0 saturated carbocycles. The van der Waals surface area contributed by atoms with E-state index in [1.54, 1.807) is 28.6 Å². The van der Waals surface area contributed by atoms with E-state index in [1.165, 1.54) is 0 Å². The van der Waals surface area contributed by atoms with E-state index in [-0.39, 0.29) is 6.04 Å². The predicted molar refractivity (Wildman–Crippen MR) is 63.6 cm³/mol. The van der Waals surface area contributed by atoms with Crippen molar-refractivity contribution in [1.29, 1.82) is 0 Å². The Hall–Kier alpha value is -0.870. The van der Waals surface area contributed by atoms with Crippen LogP contribution in [0.1, 0.15) is 20.3 Å². The van der Waals surface area contributed by atoms with Crippen LogP contribution in [0.2, 0.25) is 0 Å². The summed E-state index contributed by atoms with van der Waals surface area (Å²) in [5.41, 5.74) is 0. The summed E-state index contributed by atoms with van der Waals surface area (Å²) >= 11 is 0. The van der Waals surface area contributed by atoms with Crippen LogP contribution in [-0.4, -0.2) is 25.3 Å². The van der Waals surface area contributed by atoms with E-state index in [2.05, 4.69) is 13.8 Å². The monoisotopic (exact) mass is 239 g/mol. The topological polar surface area (TPSA) is 37.1 Å². The summed E-state index contributed by atoms with van der Waals surface area (Å²) in [6.45, 7) is 4.87. The molecule has 1 aliphatic rings. The molecule has 3 unspecified atom stereocenters. The van der Waals surface area contributed by atoms with E-state index < -0.39 is 10.0 Å². The average molecular weight is 239 g/mol. The first-order valence-electron chi connectivity index (χ1n) is 5.64. The van der Waals surface area contributed by atoms with Crippen LogP contribution in [0.4, 0.5) is 0 Å². The highest BCUT2D eigenvalue weighted by Gasteiger charge is 2.46. The minimum Gasteiger partial charge on any atom is -0.207 e. The molecule has 3 atom stereocenters. The maximum Gasteiger partial charge on any atom is 0.243 e. The third-order valence-electron chi connectivity index (χ3n) is 3.25. The highest BCUT2D eigenvalue weighted by atomic mass is 32.2. The van der Waals surface area contributed by atoms with Crippen LogP contribution in [0.5, 0.6) is 0 Å².